The molecule has 22 heavy (non-hydrogen) atoms. The molecule has 0 fully saturated rings. The molecule has 0 atom stereocenters. The van der Waals surface area contributed by atoms with Crippen molar-refractivity contribution < 1.29 is 23.1 Å². The Labute approximate surface area is 128 Å². The number of aromatic nitrogens is 2. The molecule has 1 aromatic carbocycles. The van der Waals surface area contributed by atoms with Gasteiger partial charge in [-0.25, -0.2) is 13.1 Å². The van der Waals surface area contributed by atoms with Crippen LogP contribution in [0.5, 0.6) is 11.6 Å². The van der Waals surface area contributed by atoms with E-state index in [0.29, 0.717) is 5.56 Å². The van der Waals surface area contributed by atoms with Gasteiger partial charge in [0.15, 0.2) is 15.6 Å². The third kappa shape index (κ3) is 2.57. The molecule has 2 rings (SSSR count). The number of ketones is 1. The van der Waals surface area contributed by atoms with Crippen LogP contribution in [0, 0.1) is 6.92 Å². The Morgan fingerprint density at radius 3 is 2.41 bits per heavy atom. The third-order valence-corrected chi connectivity index (χ3v) is 4.49. The second kappa shape index (κ2) is 5.45. The molecular weight excluding hydrogens is 308 g/mol. The molecule has 0 saturated heterocycles. The minimum absolute atomic E-state index is 0.0134. The van der Waals surface area contributed by atoms with Crippen LogP contribution in [0.15, 0.2) is 23.2 Å². The highest BCUT2D eigenvalue weighted by Gasteiger charge is 2.24. The maximum Gasteiger partial charge on any atom is 0.220 e. The van der Waals surface area contributed by atoms with Gasteiger partial charge in [0.2, 0.25) is 5.88 Å². The number of hydrogen-bond donors (Lipinski definition) is 1. The first kappa shape index (κ1) is 16.0. The van der Waals surface area contributed by atoms with Gasteiger partial charge in [-0.3, -0.25) is 4.79 Å². The monoisotopic (exact) mass is 324 g/mol. The number of carbonyl (C=O) groups excluding carboxylic acids is 1. The number of hydrogen-bond acceptors (Lipinski definition) is 6. The van der Waals surface area contributed by atoms with Crippen LogP contribution in [0.25, 0.3) is 0 Å². The molecule has 0 unspecified atom stereocenters. The Balaban J connectivity index is 2.63. The summed E-state index contributed by atoms with van der Waals surface area (Å²) >= 11 is 0. The van der Waals surface area contributed by atoms with E-state index in [1.54, 1.807) is 6.92 Å². The average molecular weight is 324 g/mol. The van der Waals surface area contributed by atoms with Crippen LogP contribution >= 0.6 is 0 Å². The number of rotatable bonds is 4. The van der Waals surface area contributed by atoms with E-state index in [1.165, 1.54) is 37.2 Å². The molecule has 1 aromatic heterocycles. The lowest BCUT2D eigenvalue weighted by Crippen LogP contribution is -2.08. The lowest BCUT2D eigenvalue weighted by molar-refractivity contribution is 0.103. The summed E-state index contributed by atoms with van der Waals surface area (Å²) in [5.41, 5.74) is 0.672. The summed E-state index contributed by atoms with van der Waals surface area (Å²) in [4.78, 5) is 12.5. The molecule has 0 aliphatic heterocycles. The molecule has 0 aliphatic rings. The van der Waals surface area contributed by atoms with Crippen molar-refractivity contribution in [2.45, 2.75) is 11.8 Å². The highest BCUT2D eigenvalue weighted by molar-refractivity contribution is 7.90. The highest BCUT2D eigenvalue weighted by atomic mass is 32.2. The maximum atomic E-state index is 12.5. The van der Waals surface area contributed by atoms with Crippen LogP contribution in [-0.2, 0) is 16.9 Å². The van der Waals surface area contributed by atoms with Crippen molar-refractivity contribution >= 4 is 15.6 Å². The quantitative estimate of drug-likeness (QED) is 0.845. The Bertz CT molecular complexity index is 852. The van der Waals surface area contributed by atoms with E-state index in [9.17, 15) is 18.3 Å². The van der Waals surface area contributed by atoms with E-state index < -0.39 is 15.6 Å². The van der Waals surface area contributed by atoms with Gasteiger partial charge >= 0.3 is 0 Å². The maximum absolute atomic E-state index is 12.5. The first-order valence-electron chi connectivity index (χ1n) is 6.31. The smallest absolute Gasteiger partial charge is 0.220 e. The fraction of sp³-hybridized carbons (Fsp3) is 0.286. The molecule has 0 radical (unpaired) electrons. The number of benzene rings is 1. The number of methoxy groups -OCH3 is 1. The van der Waals surface area contributed by atoms with E-state index in [-0.39, 0.29) is 27.7 Å². The normalized spacial score (nSPS) is 11.5. The molecule has 118 valence electrons. The van der Waals surface area contributed by atoms with Gasteiger partial charge in [0.05, 0.1) is 13.3 Å². The SMILES string of the molecule is COc1c(S(C)(=O)=O)ccc(C(=O)c2cnn(C)c2O)c1C. The minimum Gasteiger partial charge on any atom is -0.495 e. The van der Waals surface area contributed by atoms with Crippen molar-refractivity contribution in [1.29, 1.82) is 0 Å². The van der Waals surface area contributed by atoms with Crippen LogP contribution in [0.1, 0.15) is 21.5 Å². The molecule has 0 spiro atoms. The molecule has 2 aromatic rings. The molecule has 1 N–H and O–H groups in total. The lowest BCUT2D eigenvalue weighted by atomic mass is 10.00. The summed E-state index contributed by atoms with van der Waals surface area (Å²) in [5.74, 6) is -0.589. The summed E-state index contributed by atoms with van der Waals surface area (Å²) in [5, 5.41) is 13.6. The van der Waals surface area contributed by atoms with Crippen molar-refractivity contribution in [2.24, 2.45) is 7.05 Å². The van der Waals surface area contributed by atoms with Gasteiger partial charge in [0.25, 0.3) is 0 Å². The van der Waals surface area contributed by atoms with Crippen LogP contribution < -0.4 is 4.74 Å². The van der Waals surface area contributed by atoms with Crippen molar-refractivity contribution in [2.75, 3.05) is 13.4 Å². The van der Waals surface area contributed by atoms with E-state index in [1.807, 2.05) is 0 Å². The van der Waals surface area contributed by atoms with Gasteiger partial charge in [0, 0.05) is 24.4 Å². The van der Waals surface area contributed by atoms with Crippen LogP contribution in [0.3, 0.4) is 0 Å². The summed E-state index contributed by atoms with van der Waals surface area (Å²) in [6.07, 6.45) is 2.33. The van der Waals surface area contributed by atoms with Gasteiger partial charge in [-0.1, -0.05) is 0 Å². The average Bonchev–Trinajstić information content (AvgIpc) is 2.77. The number of ether oxygens (including phenoxy) is 1. The summed E-state index contributed by atoms with van der Waals surface area (Å²) in [7, 11) is -0.635. The molecule has 0 bridgehead atoms. The van der Waals surface area contributed by atoms with Crippen molar-refractivity contribution in [3.05, 3.63) is 35.0 Å². The van der Waals surface area contributed by atoms with E-state index >= 15 is 0 Å². The fourth-order valence-electron chi connectivity index (χ4n) is 2.19. The molecule has 8 heteroatoms. The molecular formula is C14H16N2O5S. The predicted molar refractivity (Wildman–Crippen MR) is 79.1 cm³/mol. The summed E-state index contributed by atoms with van der Waals surface area (Å²) in [6, 6.07) is 2.73. The Kier molecular flexibility index (Phi) is 3.97. The van der Waals surface area contributed by atoms with Crippen molar-refractivity contribution in [3.63, 3.8) is 0 Å². The number of aromatic hydroxyl groups is 1. The number of aryl methyl sites for hydroxylation is 1. The zero-order valence-corrected chi connectivity index (χ0v) is 13.4. The first-order valence-corrected chi connectivity index (χ1v) is 8.21. The van der Waals surface area contributed by atoms with Crippen LogP contribution in [-0.4, -0.2) is 42.5 Å². The Hall–Kier alpha value is -2.35. The second-order valence-corrected chi connectivity index (χ2v) is 6.86. The van der Waals surface area contributed by atoms with Gasteiger partial charge in [-0.05, 0) is 19.1 Å². The van der Waals surface area contributed by atoms with Crippen LogP contribution in [0.2, 0.25) is 0 Å². The summed E-state index contributed by atoms with van der Waals surface area (Å²) in [6.45, 7) is 1.59. The fourth-order valence-corrected chi connectivity index (χ4v) is 3.08. The highest BCUT2D eigenvalue weighted by Crippen LogP contribution is 2.32. The van der Waals surface area contributed by atoms with Gasteiger partial charge in [-0.15, -0.1) is 0 Å². The zero-order valence-electron chi connectivity index (χ0n) is 12.6. The van der Waals surface area contributed by atoms with E-state index in [2.05, 4.69) is 5.10 Å². The third-order valence-electron chi connectivity index (χ3n) is 3.37. The van der Waals surface area contributed by atoms with Gasteiger partial charge in [-0.2, -0.15) is 5.10 Å². The van der Waals surface area contributed by atoms with Crippen LogP contribution in [0.4, 0.5) is 0 Å². The molecule has 0 amide bonds. The first-order chi connectivity index (χ1) is 10.2. The van der Waals surface area contributed by atoms with Gasteiger partial charge < -0.3 is 9.84 Å². The Morgan fingerprint density at radius 1 is 1.32 bits per heavy atom. The topological polar surface area (TPSA) is 98.5 Å². The predicted octanol–water partition coefficient (Wildman–Crippen LogP) is 1.08. The zero-order chi connectivity index (χ0) is 16.7. The minimum atomic E-state index is -3.48. The molecule has 0 aliphatic carbocycles. The largest absolute Gasteiger partial charge is 0.495 e. The summed E-state index contributed by atoms with van der Waals surface area (Å²) < 4.78 is 29.8. The number of carbonyl (C=O) groups is 1. The Morgan fingerprint density at radius 2 is 1.95 bits per heavy atom. The molecule has 7 nitrogen and oxygen atoms in total. The number of nitrogens with zero attached hydrogens (tertiary/aromatic N) is 2. The number of sulfone groups is 1. The standard InChI is InChI=1S/C14H16N2O5S/c1-8-9(12(17)10-7-15-16(2)14(10)18)5-6-11(13(8)21-3)22(4,19)20/h5-7,18H,1-4H3. The van der Waals surface area contributed by atoms with Gasteiger partial charge in [0.1, 0.15) is 16.2 Å². The molecule has 1 heterocycles. The van der Waals surface area contributed by atoms with E-state index in [4.69, 9.17) is 4.74 Å². The lowest BCUT2D eigenvalue weighted by Gasteiger charge is -2.13. The van der Waals surface area contributed by atoms with E-state index in [0.717, 1.165) is 6.26 Å². The second-order valence-electron chi connectivity index (χ2n) is 4.88. The molecule has 0 saturated carbocycles. The van der Waals surface area contributed by atoms with Crippen molar-refractivity contribution in [3.8, 4) is 11.6 Å². The van der Waals surface area contributed by atoms with Crippen molar-refractivity contribution in [1.82, 2.24) is 9.78 Å².